The summed E-state index contributed by atoms with van der Waals surface area (Å²) >= 11 is 0. The van der Waals surface area contributed by atoms with E-state index >= 15 is 0 Å². The first-order valence-corrected chi connectivity index (χ1v) is 9.43. The molecule has 0 aliphatic carbocycles. The first-order valence-electron chi connectivity index (χ1n) is 9.43. The van der Waals surface area contributed by atoms with Gasteiger partial charge in [-0.25, -0.2) is 14.4 Å². The van der Waals surface area contributed by atoms with Gasteiger partial charge in [-0.3, -0.25) is 9.78 Å². The van der Waals surface area contributed by atoms with E-state index in [0.717, 1.165) is 41.8 Å². The summed E-state index contributed by atoms with van der Waals surface area (Å²) in [7, 11) is 0. The second-order valence-electron chi connectivity index (χ2n) is 7.04. The Bertz CT molecular complexity index is 946. The summed E-state index contributed by atoms with van der Waals surface area (Å²) in [5.74, 6) is -0.0606. The molecule has 0 N–H and O–H groups in total. The first kappa shape index (κ1) is 18.2. The van der Waals surface area contributed by atoms with Crippen LogP contribution in [0.3, 0.4) is 0 Å². The zero-order chi connectivity index (χ0) is 19.3. The molecule has 3 heterocycles. The smallest absolute Gasteiger partial charge is 0.227 e. The van der Waals surface area contributed by atoms with E-state index in [-0.39, 0.29) is 24.1 Å². The van der Waals surface area contributed by atoms with Gasteiger partial charge in [0.15, 0.2) is 0 Å². The molecule has 5 nitrogen and oxygen atoms in total. The van der Waals surface area contributed by atoms with Crippen molar-refractivity contribution in [3.05, 3.63) is 78.4 Å². The van der Waals surface area contributed by atoms with Gasteiger partial charge in [0, 0.05) is 43.2 Å². The maximum Gasteiger partial charge on any atom is 0.227 e. The Labute approximate surface area is 163 Å². The number of hydrogen-bond donors (Lipinski definition) is 0. The van der Waals surface area contributed by atoms with E-state index in [0.29, 0.717) is 6.54 Å². The van der Waals surface area contributed by atoms with Crippen LogP contribution in [0.15, 0.2) is 61.3 Å². The summed E-state index contributed by atoms with van der Waals surface area (Å²) in [6.07, 6.45) is 9.11. The van der Waals surface area contributed by atoms with Crippen LogP contribution < -0.4 is 0 Å². The Balaban J connectivity index is 1.51. The highest BCUT2D eigenvalue weighted by atomic mass is 19.1. The van der Waals surface area contributed by atoms with Crippen molar-refractivity contribution in [3.63, 3.8) is 0 Å². The minimum Gasteiger partial charge on any atom is -0.342 e. The molecule has 1 aliphatic rings. The summed E-state index contributed by atoms with van der Waals surface area (Å²) in [6.45, 7) is 1.38. The van der Waals surface area contributed by atoms with E-state index in [1.165, 1.54) is 12.1 Å². The van der Waals surface area contributed by atoms with Crippen molar-refractivity contribution in [1.82, 2.24) is 19.9 Å². The van der Waals surface area contributed by atoms with Gasteiger partial charge in [-0.05, 0) is 48.2 Å². The SMILES string of the molecule is O=C(Cc1ccc(F)cc1)N1CCC[C@H](c2ncncc2-c2ccncc2)C1. The summed E-state index contributed by atoms with van der Waals surface area (Å²) in [4.78, 5) is 27.5. The zero-order valence-corrected chi connectivity index (χ0v) is 15.5. The van der Waals surface area contributed by atoms with Crippen LogP contribution in [0.2, 0.25) is 0 Å². The van der Waals surface area contributed by atoms with Gasteiger partial charge in [0.25, 0.3) is 0 Å². The third kappa shape index (κ3) is 4.06. The maximum atomic E-state index is 13.1. The van der Waals surface area contributed by atoms with Crippen molar-refractivity contribution in [2.24, 2.45) is 0 Å². The van der Waals surface area contributed by atoms with Crippen molar-refractivity contribution in [2.45, 2.75) is 25.2 Å². The minimum absolute atomic E-state index is 0.0656. The van der Waals surface area contributed by atoms with Crippen molar-refractivity contribution in [3.8, 4) is 11.1 Å². The molecule has 0 radical (unpaired) electrons. The molecule has 6 heteroatoms. The topological polar surface area (TPSA) is 59.0 Å². The summed E-state index contributed by atoms with van der Waals surface area (Å²) < 4.78 is 13.1. The molecular formula is C22H21FN4O. The average Bonchev–Trinajstić information content (AvgIpc) is 2.76. The van der Waals surface area contributed by atoms with Crippen molar-refractivity contribution >= 4 is 5.91 Å². The molecule has 142 valence electrons. The van der Waals surface area contributed by atoms with Gasteiger partial charge in [0.05, 0.1) is 12.1 Å². The fraction of sp³-hybridized carbons (Fsp3) is 0.273. The number of benzene rings is 1. The average molecular weight is 376 g/mol. The van der Waals surface area contributed by atoms with Crippen molar-refractivity contribution in [1.29, 1.82) is 0 Å². The predicted molar refractivity (Wildman–Crippen MR) is 104 cm³/mol. The van der Waals surface area contributed by atoms with Gasteiger partial charge < -0.3 is 4.90 Å². The minimum atomic E-state index is -0.290. The highest BCUT2D eigenvalue weighted by molar-refractivity contribution is 5.79. The van der Waals surface area contributed by atoms with Gasteiger partial charge >= 0.3 is 0 Å². The van der Waals surface area contributed by atoms with Gasteiger partial charge in [-0.15, -0.1) is 0 Å². The Kier molecular flexibility index (Phi) is 5.37. The number of piperidine rings is 1. The monoisotopic (exact) mass is 376 g/mol. The van der Waals surface area contributed by atoms with Crippen LogP contribution in [0.4, 0.5) is 4.39 Å². The second-order valence-corrected chi connectivity index (χ2v) is 7.04. The predicted octanol–water partition coefficient (Wildman–Crippen LogP) is 3.63. The number of rotatable bonds is 4. The molecule has 1 saturated heterocycles. The number of aromatic nitrogens is 3. The van der Waals surface area contributed by atoms with Gasteiger partial charge in [0.1, 0.15) is 12.1 Å². The molecule has 0 bridgehead atoms. The molecule has 3 aromatic rings. The quantitative estimate of drug-likeness (QED) is 0.698. The van der Waals surface area contributed by atoms with Crippen molar-refractivity contribution in [2.75, 3.05) is 13.1 Å². The van der Waals surface area contributed by atoms with Gasteiger partial charge in [0.2, 0.25) is 5.91 Å². The lowest BCUT2D eigenvalue weighted by atomic mass is 9.90. The molecule has 1 atom stereocenters. The fourth-order valence-electron chi connectivity index (χ4n) is 3.73. The van der Waals surface area contributed by atoms with Crippen LogP contribution in [0.1, 0.15) is 30.0 Å². The van der Waals surface area contributed by atoms with Crippen LogP contribution in [0.5, 0.6) is 0 Å². The molecule has 1 amide bonds. The number of likely N-dealkylation sites (tertiary alicyclic amines) is 1. The summed E-state index contributed by atoms with van der Waals surface area (Å²) in [6, 6.07) is 10.0. The highest BCUT2D eigenvalue weighted by Gasteiger charge is 2.27. The molecular weight excluding hydrogens is 355 g/mol. The number of hydrogen-bond acceptors (Lipinski definition) is 4. The van der Waals surface area contributed by atoms with E-state index < -0.39 is 0 Å². The summed E-state index contributed by atoms with van der Waals surface area (Å²) in [5.41, 5.74) is 3.82. The molecule has 1 fully saturated rings. The number of amides is 1. The van der Waals surface area contributed by atoms with Crippen LogP contribution in [0, 0.1) is 5.82 Å². The zero-order valence-electron chi connectivity index (χ0n) is 15.5. The lowest BCUT2D eigenvalue weighted by molar-refractivity contribution is -0.131. The number of carbonyl (C=O) groups is 1. The van der Waals surface area contributed by atoms with Gasteiger partial charge in [-0.1, -0.05) is 12.1 Å². The first-order chi connectivity index (χ1) is 13.7. The Morgan fingerprint density at radius 2 is 1.89 bits per heavy atom. The standard InChI is InChI=1S/C22H21FN4O/c23-19-5-3-16(4-6-19)12-21(28)27-11-1-2-18(14-27)22-20(13-25-15-26-22)17-7-9-24-10-8-17/h3-10,13,15,18H,1-2,11-12,14H2/t18-/m0/s1. The molecule has 1 aromatic carbocycles. The largest absolute Gasteiger partial charge is 0.342 e. The van der Waals surface area contributed by atoms with E-state index in [1.54, 1.807) is 30.9 Å². The third-order valence-electron chi connectivity index (χ3n) is 5.16. The Hall–Kier alpha value is -3.15. The third-order valence-corrected chi connectivity index (χ3v) is 5.16. The van der Waals surface area contributed by atoms with E-state index in [9.17, 15) is 9.18 Å². The van der Waals surface area contributed by atoms with E-state index in [2.05, 4.69) is 15.0 Å². The Morgan fingerprint density at radius 1 is 1.11 bits per heavy atom. The van der Waals surface area contributed by atoms with Crippen LogP contribution in [0.25, 0.3) is 11.1 Å². The second kappa shape index (κ2) is 8.25. The summed E-state index contributed by atoms with van der Waals surface area (Å²) in [5, 5.41) is 0. The maximum absolute atomic E-state index is 13.1. The van der Waals surface area contributed by atoms with Crippen LogP contribution >= 0.6 is 0 Å². The molecule has 0 spiro atoms. The lowest BCUT2D eigenvalue weighted by Crippen LogP contribution is -2.40. The van der Waals surface area contributed by atoms with Crippen LogP contribution in [-0.4, -0.2) is 38.8 Å². The molecule has 0 saturated carbocycles. The molecule has 4 rings (SSSR count). The van der Waals surface area contributed by atoms with Crippen molar-refractivity contribution < 1.29 is 9.18 Å². The Morgan fingerprint density at radius 3 is 2.68 bits per heavy atom. The normalized spacial score (nSPS) is 16.8. The lowest BCUT2D eigenvalue weighted by Gasteiger charge is -2.33. The number of halogens is 1. The molecule has 1 aliphatic heterocycles. The van der Waals surface area contributed by atoms with E-state index in [1.807, 2.05) is 23.2 Å². The number of carbonyl (C=O) groups excluding carboxylic acids is 1. The number of pyridine rings is 1. The van der Waals surface area contributed by atoms with Crippen LogP contribution in [-0.2, 0) is 11.2 Å². The van der Waals surface area contributed by atoms with E-state index in [4.69, 9.17) is 0 Å². The molecule has 2 aromatic heterocycles. The number of nitrogens with zero attached hydrogens (tertiary/aromatic N) is 4. The highest BCUT2D eigenvalue weighted by Crippen LogP contribution is 2.32. The van der Waals surface area contributed by atoms with Gasteiger partial charge in [-0.2, -0.15) is 0 Å². The molecule has 0 unspecified atom stereocenters. The molecule has 28 heavy (non-hydrogen) atoms. The fourth-order valence-corrected chi connectivity index (χ4v) is 3.73.